The smallest absolute Gasteiger partial charge is 0.162 e. The Labute approximate surface area is 158 Å². The lowest BCUT2D eigenvalue weighted by molar-refractivity contribution is 0.194. The molecule has 1 N–H and O–H groups in total. The Morgan fingerprint density at radius 2 is 1.80 bits per heavy atom. The van der Waals surface area contributed by atoms with Gasteiger partial charge < -0.3 is 19.5 Å². The van der Waals surface area contributed by atoms with Gasteiger partial charge in [-0.2, -0.15) is 0 Å². The molecule has 0 aliphatic heterocycles. The van der Waals surface area contributed by atoms with Crippen LogP contribution in [0.3, 0.4) is 0 Å². The van der Waals surface area contributed by atoms with Crippen LogP contribution in [0.2, 0.25) is 0 Å². The molecule has 0 aliphatic carbocycles. The molecule has 2 aromatic rings. The molecule has 0 saturated carbocycles. The number of benzene rings is 2. The highest BCUT2D eigenvalue weighted by molar-refractivity contribution is 9.10. The fraction of sp³-hybridized carbons (Fsp3) is 0.400. The van der Waals surface area contributed by atoms with Crippen molar-refractivity contribution in [3.05, 3.63) is 58.1 Å². The summed E-state index contributed by atoms with van der Waals surface area (Å²) in [5, 5.41) is 3.42. The molecule has 0 heterocycles. The Hall–Kier alpha value is -1.56. The normalized spacial score (nSPS) is 10.7. The largest absolute Gasteiger partial charge is 0.490 e. The van der Waals surface area contributed by atoms with Gasteiger partial charge in [-0.05, 0) is 43.1 Å². The van der Waals surface area contributed by atoms with Crippen LogP contribution >= 0.6 is 15.9 Å². The van der Waals surface area contributed by atoms with Crippen molar-refractivity contribution in [3.8, 4) is 11.5 Å². The molecule has 0 aliphatic rings. The first-order valence-electron chi connectivity index (χ1n) is 8.56. The molecular weight excluding hydrogens is 382 g/mol. The highest BCUT2D eigenvalue weighted by Gasteiger charge is 2.11. The topological polar surface area (TPSA) is 39.7 Å². The van der Waals surface area contributed by atoms with Crippen molar-refractivity contribution in [1.29, 1.82) is 0 Å². The lowest BCUT2D eigenvalue weighted by Crippen LogP contribution is -2.16. The second kappa shape index (κ2) is 11.1. The van der Waals surface area contributed by atoms with Gasteiger partial charge in [0.05, 0.1) is 6.61 Å². The Morgan fingerprint density at radius 1 is 1.04 bits per heavy atom. The maximum absolute atomic E-state index is 5.98. The first-order chi connectivity index (χ1) is 12.2. The molecule has 4 nitrogen and oxygen atoms in total. The average molecular weight is 408 g/mol. The summed E-state index contributed by atoms with van der Waals surface area (Å²) in [6.45, 7) is 5.54. The summed E-state index contributed by atoms with van der Waals surface area (Å²) in [6, 6.07) is 14.1. The number of rotatable bonds is 11. The lowest BCUT2D eigenvalue weighted by Gasteiger charge is -2.15. The van der Waals surface area contributed by atoms with E-state index in [1.54, 1.807) is 7.11 Å². The predicted molar refractivity (Wildman–Crippen MR) is 104 cm³/mol. The third kappa shape index (κ3) is 6.69. The summed E-state index contributed by atoms with van der Waals surface area (Å²) in [7, 11) is 1.72. The molecule has 0 saturated heterocycles. The minimum absolute atomic E-state index is 0.516. The fourth-order valence-corrected chi connectivity index (χ4v) is 2.86. The van der Waals surface area contributed by atoms with E-state index in [9.17, 15) is 0 Å². The van der Waals surface area contributed by atoms with Crippen LogP contribution in [-0.4, -0.2) is 26.9 Å². The molecule has 136 valence electrons. The van der Waals surface area contributed by atoms with Crippen LogP contribution in [0.5, 0.6) is 11.5 Å². The molecule has 25 heavy (non-hydrogen) atoms. The summed E-state index contributed by atoms with van der Waals surface area (Å²) >= 11 is 3.64. The van der Waals surface area contributed by atoms with Gasteiger partial charge in [0.25, 0.3) is 0 Å². The van der Waals surface area contributed by atoms with Crippen molar-refractivity contribution in [2.24, 2.45) is 0 Å². The zero-order valence-corrected chi connectivity index (χ0v) is 16.5. The van der Waals surface area contributed by atoms with Crippen molar-refractivity contribution in [1.82, 2.24) is 5.32 Å². The number of methoxy groups -OCH3 is 1. The van der Waals surface area contributed by atoms with Gasteiger partial charge in [-0.15, -0.1) is 0 Å². The van der Waals surface area contributed by atoms with Crippen molar-refractivity contribution in [3.63, 3.8) is 0 Å². The van der Waals surface area contributed by atoms with Gasteiger partial charge in [0.1, 0.15) is 6.61 Å². The number of hydrogen-bond acceptors (Lipinski definition) is 4. The molecule has 0 fully saturated rings. The summed E-state index contributed by atoms with van der Waals surface area (Å²) in [5.41, 5.74) is 2.28. The van der Waals surface area contributed by atoms with Crippen LogP contribution in [0.1, 0.15) is 24.5 Å². The van der Waals surface area contributed by atoms with E-state index in [2.05, 4.69) is 21.2 Å². The molecule has 0 radical (unpaired) electrons. The molecule has 2 aromatic carbocycles. The third-order valence-electron chi connectivity index (χ3n) is 3.67. The SMILES string of the molecule is CCOc1cc(CNCCCOC)c(Br)cc1OCc1ccccc1. The van der Waals surface area contributed by atoms with E-state index in [0.29, 0.717) is 13.2 Å². The van der Waals surface area contributed by atoms with Gasteiger partial charge in [0, 0.05) is 24.7 Å². The van der Waals surface area contributed by atoms with Crippen LogP contribution in [0.15, 0.2) is 46.9 Å². The Balaban J connectivity index is 2.02. The molecule has 0 spiro atoms. The molecule has 0 bridgehead atoms. The molecule has 0 unspecified atom stereocenters. The predicted octanol–water partition coefficient (Wildman–Crippen LogP) is 4.55. The van der Waals surface area contributed by atoms with Gasteiger partial charge in [0.2, 0.25) is 0 Å². The van der Waals surface area contributed by atoms with Crippen molar-refractivity contribution in [2.75, 3.05) is 26.9 Å². The lowest BCUT2D eigenvalue weighted by atomic mass is 10.2. The molecule has 0 aromatic heterocycles. The van der Waals surface area contributed by atoms with Gasteiger partial charge >= 0.3 is 0 Å². The van der Waals surface area contributed by atoms with E-state index in [0.717, 1.165) is 53.2 Å². The second-order valence-corrected chi connectivity index (χ2v) is 6.48. The van der Waals surface area contributed by atoms with E-state index in [4.69, 9.17) is 14.2 Å². The maximum atomic E-state index is 5.98. The van der Waals surface area contributed by atoms with Crippen molar-refractivity contribution >= 4 is 15.9 Å². The fourth-order valence-electron chi connectivity index (χ4n) is 2.39. The van der Waals surface area contributed by atoms with Crippen molar-refractivity contribution in [2.45, 2.75) is 26.5 Å². The van der Waals surface area contributed by atoms with Crippen LogP contribution in [0, 0.1) is 0 Å². The minimum Gasteiger partial charge on any atom is -0.490 e. The molecule has 0 amide bonds. The number of hydrogen-bond donors (Lipinski definition) is 1. The Bertz CT molecular complexity index is 634. The Morgan fingerprint density at radius 3 is 2.52 bits per heavy atom. The van der Waals surface area contributed by atoms with E-state index in [1.807, 2.05) is 49.4 Å². The summed E-state index contributed by atoms with van der Waals surface area (Å²) in [6.07, 6.45) is 0.991. The third-order valence-corrected chi connectivity index (χ3v) is 4.41. The van der Waals surface area contributed by atoms with E-state index in [1.165, 1.54) is 0 Å². The number of halogens is 1. The zero-order chi connectivity index (χ0) is 17.9. The first-order valence-corrected chi connectivity index (χ1v) is 9.35. The first kappa shape index (κ1) is 19.8. The van der Waals surface area contributed by atoms with Gasteiger partial charge in [-0.25, -0.2) is 0 Å². The quantitative estimate of drug-likeness (QED) is 0.554. The highest BCUT2D eigenvalue weighted by atomic mass is 79.9. The van der Waals surface area contributed by atoms with E-state index < -0.39 is 0 Å². The van der Waals surface area contributed by atoms with Crippen molar-refractivity contribution < 1.29 is 14.2 Å². The molecule has 2 rings (SSSR count). The van der Waals surface area contributed by atoms with E-state index in [-0.39, 0.29) is 0 Å². The van der Waals surface area contributed by atoms with Gasteiger partial charge in [-0.1, -0.05) is 46.3 Å². The summed E-state index contributed by atoms with van der Waals surface area (Å²) in [4.78, 5) is 0. The second-order valence-electron chi connectivity index (χ2n) is 5.62. The zero-order valence-electron chi connectivity index (χ0n) is 14.9. The Kier molecular flexibility index (Phi) is 8.80. The monoisotopic (exact) mass is 407 g/mol. The van der Waals surface area contributed by atoms with Crippen LogP contribution in [-0.2, 0) is 17.9 Å². The van der Waals surface area contributed by atoms with E-state index >= 15 is 0 Å². The number of ether oxygens (including phenoxy) is 3. The van der Waals surface area contributed by atoms with Gasteiger partial charge in [0.15, 0.2) is 11.5 Å². The van der Waals surface area contributed by atoms with Gasteiger partial charge in [-0.3, -0.25) is 0 Å². The minimum atomic E-state index is 0.516. The number of nitrogens with one attached hydrogen (secondary N) is 1. The molecule has 5 heteroatoms. The molecule has 0 atom stereocenters. The summed E-state index contributed by atoms with van der Waals surface area (Å²) in [5.74, 6) is 1.52. The van der Waals surface area contributed by atoms with Crippen LogP contribution < -0.4 is 14.8 Å². The maximum Gasteiger partial charge on any atom is 0.162 e. The standard InChI is InChI=1S/C20H26BrNO3/c1-3-24-19-12-17(14-22-10-7-11-23-2)18(21)13-20(19)25-15-16-8-5-4-6-9-16/h4-6,8-9,12-13,22H,3,7,10-11,14-15H2,1-2H3. The highest BCUT2D eigenvalue weighted by Crippen LogP contribution is 2.34. The van der Waals surface area contributed by atoms with Crippen LogP contribution in [0.25, 0.3) is 0 Å². The average Bonchev–Trinajstić information content (AvgIpc) is 2.63. The van der Waals surface area contributed by atoms with Crippen LogP contribution in [0.4, 0.5) is 0 Å². The molecular formula is C20H26BrNO3. The summed E-state index contributed by atoms with van der Waals surface area (Å²) < 4.78 is 17.8.